The molecule has 3 N–H and O–H groups in total. The topological polar surface area (TPSA) is 38.0 Å². The largest absolute Gasteiger partial charge is 0.271 e. The Morgan fingerprint density at radius 1 is 1.45 bits per heavy atom. The van der Waals surface area contributed by atoms with E-state index in [9.17, 15) is 0 Å². The Balaban J connectivity index is 3.51. The SMILES string of the molecule is CCC(CSC(C)(C)C)NN. The van der Waals surface area contributed by atoms with E-state index in [2.05, 4.69) is 33.1 Å². The molecule has 0 aromatic rings. The average molecular weight is 176 g/mol. The fourth-order valence-corrected chi connectivity index (χ4v) is 1.67. The zero-order valence-electron chi connectivity index (χ0n) is 7.98. The van der Waals surface area contributed by atoms with Gasteiger partial charge in [0.25, 0.3) is 0 Å². The first-order valence-electron chi connectivity index (χ1n) is 4.09. The fourth-order valence-electron chi connectivity index (χ4n) is 0.634. The van der Waals surface area contributed by atoms with Gasteiger partial charge in [0, 0.05) is 16.5 Å². The van der Waals surface area contributed by atoms with Crippen LogP contribution in [0.3, 0.4) is 0 Å². The third kappa shape index (κ3) is 6.66. The van der Waals surface area contributed by atoms with E-state index in [1.54, 1.807) is 0 Å². The van der Waals surface area contributed by atoms with Gasteiger partial charge in [-0.25, -0.2) is 0 Å². The molecular formula is C8H20N2S. The van der Waals surface area contributed by atoms with Crippen molar-refractivity contribution in [3.8, 4) is 0 Å². The van der Waals surface area contributed by atoms with Crippen LogP contribution in [0.1, 0.15) is 34.1 Å². The van der Waals surface area contributed by atoms with Gasteiger partial charge in [-0.1, -0.05) is 27.7 Å². The highest BCUT2D eigenvalue weighted by Gasteiger charge is 2.13. The van der Waals surface area contributed by atoms with Crippen LogP contribution in [0.4, 0.5) is 0 Å². The number of hydrazine groups is 1. The Bertz CT molecular complexity index is 94.8. The minimum absolute atomic E-state index is 0.351. The second-order valence-electron chi connectivity index (χ2n) is 3.70. The molecule has 0 heterocycles. The normalized spacial score (nSPS) is 15.0. The van der Waals surface area contributed by atoms with Crippen molar-refractivity contribution in [1.29, 1.82) is 0 Å². The maximum absolute atomic E-state index is 5.35. The van der Waals surface area contributed by atoms with Crippen molar-refractivity contribution in [1.82, 2.24) is 5.43 Å². The second-order valence-corrected chi connectivity index (χ2v) is 5.54. The van der Waals surface area contributed by atoms with Crippen LogP contribution in [0, 0.1) is 0 Å². The fraction of sp³-hybridized carbons (Fsp3) is 1.00. The minimum atomic E-state index is 0.351. The Labute approximate surface area is 74.3 Å². The summed E-state index contributed by atoms with van der Waals surface area (Å²) in [7, 11) is 0. The quantitative estimate of drug-likeness (QED) is 0.506. The van der Waals surface area contributed by atoms with Crippen LogP contribution in [0.2, 0.25) is 0 Å². The number of rotatable bonds is 4. The zero-order chi connectivity index (χ0) is 8.91. The molecule has 0 amide bonds. The minimum Gasteiger partial charge on any atom is -0.271 e. The van der Waals surface area contributed by atoms with Crippen LogP contribution in [0.5, 0.6) is 0 Å². The van der Waals surface area contributed by atoms with Crippen LogP contribution in [0.25, 0.3) is 0 Å². The molecule has 0 rings (SSSR count). The molecule has 0 spiro atoms. The summed E-state index contributed by atoms with van der Waals surface area (Å²) < 4.78 is 0.351. The molecule has 3 heteroatoms. The highest BCUT2D eigenvalue weighted by Crippen LogP contribution is 2.23. The van der Waals surface area contributed by atoms with Crippen molar-refractivity contribution in [2.24, 2.45) is 5.84 Å². The van der Waals surface area contributed by atoms with Crippen molar-refractivity contribution in [2.75, 3.05) is 5.75 Å². The smallest absolute Gasteiger partial charge is 0.0298 e. The second kappa shape index (κ2) is 5.01. The Kier molecular flexibility index (Phi) is 5.13. The summed E-state index contributed by atoms with van der Waals surface area (Å²) in [5.41, 5.74) is 2.80. The molecule has 0 aliphatic rings. The third-order valence-corrected chi connectivity index (χ3v) is 2.88. The molecule has 11 heavy (non-hydrogen) atoms. The highest BCUT2D eigenvalue weighted by atomic mass is 32.2. The van der Waals surface area contributed by atoms with Gasteiger partial charge in [0.05, 0.1) is 0 Å². The molecule has 0 radical (unpaired) electrons. The van der Waals surface area contributed by atoms with Gasteiger partial charge in [0.1, 0.15) is 0 Å². The number of nitrogens with one attached hydrogen (secondary N) is 1. The first-order valence-corrected chi connectivity index (χ1v) is 5.08. The molecule has 0 bridgehead atoms. The van der Waals surface area contributed by atoms with E-state index >= 15 is 0 Å². The number of nitrogens with two attached hydrogens (primary N) is 1. The first kappa shape index (κ1) is 11.3. The summed E-state index contributed by atoms with van der Waals surface area (Å²) in [5.74, 6) is 6.44. The van der Waals surface area contributed by atoms with Crippen LogP contribution < -0.4 is 11.3 Å². The summed E-state index contributed by atoms with van der Waals surface area (Å²) in [5, 5.41) is 0. The van der Waals surface area contributed by atoms with Crippen molar-refractivity contribution in [2.45, 2.75) is 44.9 Å². The van der Waals surface area contributed by atoms with E-state index < -0.39 is 0 Å². The summed E-state index contributed by atoms with van der Waals surface area (Å²) in [6.07, 6.45) is 1.10. The molecule has 0 saturated heterocycles. The molecule has 0 fully saturated rings. The Morgan fingerprint density at radius 3 is 2.27 bits per heavy atom. The zero-order valence-corrected chi connectivity index (χ0v) is 8.79. The molecule has 2 nitrogen and oxygen atoms in total. The van der Waals surface area contributed by atoms with Gasteiger partial charge >= 0.3 is 0 Å². The maximum atomic E-state index is 5.35. The van der Waals surface area contributed by atoms with E-state index in [1.807, 2.05) is 11.8 Å². The summed E-state index contributed by atoms with van der Waals surface area (Å²) in [6, 6.07) is 0.458. The lowest BCUT2D eigenvalue weighted by Gasteiger charge is -2.21. The van der Waals surface area contributed by atoms with Crippen molar-refractivity contribution in [3.63, 3.8) is 0 Å². The number of thioether (sulfide) groups is 1. The lowest BCUT2D eigenvalue weighted by molar-refractivity contribution is 0.560. The number of hydrogen-bond acceptors (Lipinski definition) is 3. The van der Waals surface area contributed by atoms with Crippen molar-refractivity contribution < 1.29 is 0 Å². The molecule has 0 aliphatic carbocycles. The van der Waals surface area contributed by atoms with E-state index in [-0.39, 0.29) is 0 Å². The molecule has 1 unspecified atom stereocenters. The standard InChI is InChI=1S/C8H20N2S/c1-5-7(10-9)6-11-8(2,3)4/h7,10H,5-6,9H2,1-4H3. The predicted octanol–water partition coefficient (Wildman–Crippen LogP) is 1.76. The van der Waals surface area contributed by atoms with E-state index in [0.717, 1.165) is 12.2 Å². The van der Waals surface area contributed by atoms with Gasteiger partial charge in [0.2, 0.25) is 0 Å². The van der Waals surface area contributed by atoms with Gasteiger partial charge < -0.3 is 0 Å². The van der Waals surface area contributed by atoms with Crippen LogP contribution >= 0.6 is 11.8 Å². The monoisotopic (exact) mass is 176 g/mol. The van der Waals surface area contributed by atoms with Crippen molar-refractivity contribution >= 4 is 11.8 Å². The van der Waals surface area contributed by atoms with Gasteiger partial charge in [0.15, 0.2) is 0 Å². The summed E-state index contributed by atoms with van der Waals surface area (Å²) >= 11 is 1.95. The van der Waals surface area contributed by atoms with E-state index in [1.165, 1.54) is 0 Å². The Hall–Kier alpha value is 0.270. The van der Waals surface area contributed by atoms with Gasteiger partial charge in [-0.2, -0.15) is 11.8 Å². The van der Waals surface area contributed by atoms with Gasteiger partial charge in [-0.05, 0) is 6.42 Å². The Morgan fingerprint density at radius 2 is 2.00 bits per heavy atom. The first-order chi connectivity index (χ1) is 4.99. The number of hydrogen-bond donors (Lipinski definition) is 2. The van der Waals surface area contributed by atoms with Crippen LogP contribution in [-0.4, -0.2) is 16.5 Å². The predicted molar refractivity (Wildman–Crippen MR) is 53.6 cm³/mol. The van der Waals surface area contributed by atoms with E-state index in [0.29, 0.717) is 10.8 Å². The van der Waals surface area contributed by atoms with Crippen molar-refractivity contribution in [3.05, 3.63) is 0 Å². The molecule has 68 valence electrons. The van der Waals surface area contributed by atoms with Crippen LogP contribution in [-0.2, 0) is 0 Å². The molecule has 0 aromatic carbocycles. The molecule has 0 aliphatic heterocycles. The van der Waals surface area contributed by atoms with E-state index in [4.69, 9.17) is 5.84 Å². The highest BCUT2D eigenvalue weighted by molar-refractivity contribution is 8.00. The summed E-state index contributed by atoms with van der Waals surface area (Å²) in [4.78, 5) is 0. The molecule has 0 aromatic heterocycles. The van der Waals surface area contributed by atoms with Gasteiger partial charge in [-0.15, -0.1) is 0 Å². The lowest BCUT2D eigenvalue weighted by Crippen LogP contribution is -2.37. The molecule has 1 atom stereocenters. The lowest BCUT2D eigenvalue weighted by atomic mass is 10.2. The van der Waals surface area contributed by atoms with Crippen LogP contribution in [0.15, 0.2) is 0 Å². The maximum Gasteiger partial charge on any atom is 0.0298 e. The molecule has 0 saturated carbocycles. The van der Waals surface area contributed by atoms with Gasteiger partial charge in [-0.3, -0.25) is 11.3 Å². The molecular weight excluding hydrogens is 156 g/mol. The summed E-state index contributed by atoms with van der Waals surface area (Å²) in [6.45, 7) is 8.82. The average Bonchev–Trinajstić information content (AvgIpc) is 1.88. The third-order valence-electron chi connectivity index (χ3n) is 1.45.